The lowest BCUT2D eigenvalue weighted by atomic mass is 10.2. The number of rotatable bonds is 8. The van der Waals surface area contributed by atoms with Crippen molar-refractivity contribution in [1.82, 2.24) is 10.0 Å². The van der Waals surface area contributed by atoms with Gasteiger partial charge >= 0.3 is 0 Å². The minimum atomic E-state index is -3.53. The van der Waals surface area contributed by atoms with Crippen molar-refractivity contribution in [2.24, 2.45) is 5.92 Å². The third-order valence-corrected chi connectivity index (χ3v) is 4.83. The van der Waals surface area contributed by atoms with Crippen molar-refractivity contribution in [3.8, 4) is 5.75 Å². The number of benzene rings is 1. The van der Waals surface area contributed by atoms with Crippen LogP contribution in [0.4, 0.5) is 0 Å². The summed E-state index contributed by atoms with van der Waals surface area (Å²) in [5.74, 6) is 0.647. The molecule has 1 aromatic carbocycles. The Kier molecular flexibility index (Phi) is 5.24. The molecule has 21 heavy (non-hydrogen) atoms. The van der Waals surface area contributed by atoms with E-state index in [1.807, 2.05) is 19.9 Å². The second kappa shape index (κ2) is 6.77. The fourth-order valence-corrected chi connectivity index (χ4v) is 3.31. The van der Waals surface area contributed by atoms with Crippen LogP contribution in [0, 0.1) is 5.92 Å². The summed E-state index contributed by atoms with van der Waals surface area (Å²) < 4.78 is 32.5. The zero-order valence-corrected chi connectivity index (χ0v) is 13.7. The van der Waals surface area contributed by atoms with Crippen LogP contribution in [0.2, 0.25) is 0 Å². The Labute approximate surface area is 127 Å². The highest BCUT2D eigenvalue weighted by Gasteiger charge is 2.22. The quantitative estimate of drug-likeness (QED) is 0.769. The summed E-state index contributed by atoms with van der Waals surface area (Å²) in [6.45, 7) is 5.08. The molecule has 1 aliphatic carbocycles. The molecule has 0 bridgehead atoms. The molecule has 5 nitrogen and oxygen atoms in total. The van der Waals surface area contributed by atoms with Gasteiger partial charge in [0.25, 0.3) is 0 Å². The van der Waals surface area contributed by atoms with Gasteiger partial charge in [-0.1, -0.05) is 19.9 Å². The van der Waals surface area contributed by atoms with E-state index in [1.165, 1.54) is 20.0 Å². The molecule has 118 valence electrons. The Bertz CT molecular complexity index is 581. The van der Waals surface area contributed by atoms with Gasteiger partial charge in [0.05, 0.1) is 7.11 Å². The van der Waals surface area contributed by atoms with Crippen LogP contribution >= 0.6 is 0 Å². The summed E-state index contributed by atoms with van der Waals surface area (Å²) in [7, 11) is -2.03. The lowest BCUT2D eigenvalue weighted by Gasteiger charge is -2.13. The van der Waals surface area contributed by atoms with E-state index in [4.69, 9.17) is 4.74 Å². The van der Waals surface area contributed by atoms with Crippen LogP contribution in [0.3, 0.4) is 0 Å². The highest BCUT2D eigenvalue weighted by atomic mass is 32.2. The van der Waals surface area contributed by atoms with Gasteiger partial charge in [-0.2, -0.15) is 0 Å². The third kappa shape index (κ3) is 4.69. The molecule has 0 aromatic heterocycles. The molecule has 0 heterocycles. The van der Waals surface area contributed by atoms with Crippen LogP contribution in [0.5, 0.6) is 5.75 Å². The molecule has 0 aliphatic heterocycles. The first-order chi connectivity index (χ1) is 9.92. The lowest BCUT2D eigenvalue weighted by molar-refractivity contribution is 0.401. The van der Waals surface area contributed by atoms with Gasteiger partial charge in [-0.05, 0) is 36.5 Å². The second-order valence-corrected chi connectivity index (χ2v) is 7.62. The smallest absolute Gasteiger partial charge is 0.244 e. The zero-order valence-electron chi connectivity index (χ0n) is 12.8. The maximum atomic E-state index is 12.3. The van der Waals surface area contributed by atoms with Crippen LogP contribution in [0.1, 0.15) is 32.3 Å². The molecule has 6 heteroatoms. The molecule has 0 radical (unpaired) electrons. The molecule has 0 saturated heterocycles. The molecule has 1 saturated carbocycles. The van der Waals surface area contributed by atoms with Crippen molar-refractivity contribution in [1.29, 1.82) is 0 Å². The molecule has 1 fully saturated rings. The molecule has 2 N–H and O–H groups in total. The number of hydrogen-bond acceptors (Lipinski definition) is 4. The van der Waals surface area contributed by atoms with E-state index in [2.05, 4.69) is 10.0 Å². The SMILES string of the molecule is COc1cc(CNC2CC2)ccc1S(=O)(=O)NCC(C)C. The topological polar surface area (TPSA) is 67.4 Å². The van der Waals surface area contributed by atoms with Gasteiger partial charge in [-0.3, -0.25) is 0 Å². The Morgan fingerprint density at radius 1 is 1.33 bits per heavy atom. The average molecular weight is 312 g/mol. The Morgan fingerprint density at radius 2 is 2.05 bits per heavy atom. The van der Waals surface area contributed by atoms with Gasteiger partial charge in [0.15, 0.2) is 0 Å². The van der Waals surface area contributed by atoms with Crippen LogP contribution in [-0.4, -0.2) is 28.1 Å². The largest absolute Gasteiger partial charge is 0.495 e. The van der Waals surface area contributed by atoms with Crippen molar-refractivity contribution in [3.05, 3.63) is 23.8 Å². The number of nitrogens with one attached hydrogen (secondary N) is 2. The first-order valence-electron chi connectivity index (χ1n) is 7.32. The molecule has 1 aromatic rings. The van der Waals surface area contributed by atoms with E-state index in [0.29, 0.717) is 18.3 Å². The lowest BCUT2D eigenvalue weighted by Crippen LogP contribution is -2.28. The van der Waals surface area contributed by atoms with Crippen molar-refractivity contribution < 1.29 is 13.2 Å². The van der Waals surface area contributed by atoms with E-state index < -0.39 is 10.0 Å². The first-order valence-corrected chi connectivity index (χ1v) is 8.80. The van der Waals surface area contributed by atoms with Crippen molar-refractivity contribution in [2.75, 3.05) is 13.7 Å². The zero-order chi connectivity index (χ0) is 15.5. The van der Waals surface area contributed by atoms with Gasteiger partial charge in [0.1, 0.15) is 10.6 Å². The van der Waals surface area contributed by atoms with Crippen LogP contribution in [0.25, 0.3) is 0 Å². The summed E-state index contributed by atoms with van der Waals surface area (Å²) >= 11 is 0. The fraction of sp³-hybridized carbons (Fsp3) is 0.600. The van der Waals surface area contributed by atoms with Crippen LogP contribution in [-0.2, 0) is 16.6 Å². The van der Waals surface area contributed by atoms with Gasteiger partial charge in [-0.15, -0.1) is 0 Å². The molecule has 0 unspecified atom stereocenters. The summed E-state index contributed by atoms with van der Waals surface area (Å²) in [5.41, 5.74) is 1.03. The average Bonchev–Trinajstić information content (AvgIpc) is 3.27. The summed E-state index contributed by atoms with van der Waals surface area (Å²) in [5, 5.41) is 3.40. The first kappa shape index (κ1) is 16.3. The molecular weight excluding hydrogens is 288 g/mol. The molecule has 2 rings (SSSR count). The number of ether oxygens (including phenoxy) is 1. The van der Waals surface area contributed by atoms with E-state index >= 15 is 0 Å². The molecule has 1 aliphatic rings. The number of hydrogen-bond donors (Lipinski definition) is 2. The second-order valence-electron chi connectivity index (χ2n) is 5.89. The predicted molar refractivity (Wildman–Crippen MR) is 82.9 cm³/mol. The highest BCUT2D eigenvalue weighted by molar-refractivity contribution is 7.89. The van der Waals surface area contributed by atoms with E-state index in [0.717, 1.165) is 12.1 Å². The maximum Gasteiger partial charge on any atom is 0.244 e. The van der Waals surface area contributed by atoms with E-state index in [9.17, 15) is 8.42 Å². The highest BCUT2D eigenvalue weighted by Crippen LogP contribution is 2.26. The number of sulfonamides is 1. The van der Waals surface area contributed by atoms with Crippen molar-refractivity contribution >= 4 is 10.0 Å². The van der Waals surface area contributed by atoms with Crippen molar-refractivity contribution in [3.63, 3.8) is 0 Å². The van der Waals surface area contributed by atoms with Gasteiger partial charge in [-0.25, -0.2) is 13.1 Å². The maximum absolute atomic E-state index is 12.3. The Balaban J connectivity index is 2.14. The molecular formula is C15H24N2O3S. The summed E-state index contributed by atoms with van der Waals surface area (Å²) in [4.78, 5) is 0.195. The summed E-state index contributed by atoms with van der Waals surface area (Å²) in [6.07, 6.45) is 2.45. The number of methoxy groups -OCH3 is 1. The van der Waals surface area contributed by atoms with Gasteiger partial charge in [0.2, 0.25) is 10.0 Å². The monoisotopic (exact) mass is 312 g/mol. The normalized spacial score (nSPS) is 15.4. The van der Waals surface area contributed by atoms with Gasteiger partial charge < -0.3 is 10.1 Å². The Hall–Kier alpha value is -1.11. The standard InChI is InChI=1S/C15H24N2O3S/c1-11(2)9-17-21(18,19)15-7-4-12(8-14(15)20-3)10-16-13-5-6-13/h4,7-8,11,13,16-17H,5-6,9-10H2,1-3H3. The minimum Gasteiger partial charge on any atom is -0.495 e. The predicted octanol–water partition coefficient (Wildman–Crippen LogP) is 1.88. The van der Waals surface area contributed by atoms with Crippen LogP contribution < -0.4 is 14.8 Å². The Morgan fingerprint density at radius 3 is 2.62 bits per heavy atom. The van der Waals surface area contributed by atoms with Gasteiger partial charge in [0, 0.05) is 19.1 Å². The van der Waals surface area contributed by atoms with E-state index in [-0.39, 0.29) is 10.8 Å². The van der Waals surface area contributed by atoms with Crippen LogP contribution in [0.15, 0.2) is 23.1 Å². The fourth-order valence-electron chi connectivity index (χ4n) is 1.95. The molecule has 0 amide bonds. The summed E-state index contributed by atoms with van der Waals surface area (Å²) in [6, 6.07) is 5.86. The molecule has 0 spiro atoms. The third-order valence-electron chi connectivity index (χ3n) is 3.37. The van der Waals surface area contributed by atoms with Crippen molar-refractivity contribution in [2.45, 2.75) is 44.2 Å². The molecule has 0 atom stereocenters. The minimum absolute atomic E-state index is 0.195. The van der Waals surface area contributed by atoms with E-state index in [1.54, 1.807) is 12.1 Å².